The van der Waals surface area contributed by atoms with Gasteiger partial charge in [0.2, 0.25) is 10.0 Å². The van der Waals surface area contributed by atoms with Crippen molar-refractivity contribution in [1.29, 1.82) is 0 Å². The molecule has 2 aromatic carbocycles. The van der Waals surface area contributed by atoms with Crippen LogP contribution in [0.4, 0.5) is 0 Å². The second-order valence-electron chi connectivity index (χ2n) is 9.09. The first-order valence-corrected chi connectivity index (χ1v) is 12.8. The van der Waals surface area contributed by atoms with Crippen molar-refractivity contribution in [2.75, 3.05) is 26.2 Å². The van der Waals surface area contributed by atoms with Gasteiger partial charge in [-0.3, -0.25) is 0 Å². The van der Waals surface area contributed by atoms with Gasteiger partial charge in [0, 0.05) is 36.2 Å². The summed E-state index contributed by atoms with van der Waals surface area (Å²) in [6.07, 6.45) is 6.32. The maximum Gasteiger partial charge on any atom is 0.243 e. The summed E-state index contributed by atoms with van der Waals surface area (Å²) in [5, 5.41) is 1.34. The first-order chi connectivity index (χ1) is 15.0. The molecule has 1 N–H and O–H groups in total. The van der Waals surface area contributed by atoms with Crippen LogP contribution in [-0.2, 0) is 10.0 Å². The van der Waals surface area contributed by atoms with E-state index in [-0.39, 0.29) is 6.04 Å². The number of rotatable bonds is 5. The van der Waals surface area contributed by atoms with E-state index in [1.54, 1.807) is 16.4 Å². The highest BCUT2D eigenvalue weighted by atomic mass is 32.2. The molecule has 164 valence electrons. The van der Waals surface area contributed by atoms with Crippen molar-refractivity contribution in [2.45, 2.75) is 49.5 Å². The fourth-order valence-corrected chi connectivity index (χ4v) is 7.17. The molecule has 1 atom stereocenters. The van der Waals surface area contributed by atoms with Crippen LogP contribution in [0.25, 0.3) is 10.9 Å². The second kappa shape index (κ2) is 8.41. The number of hydrogen-bond donors (Lipinski definition) is 1. The smallest absolute Gasteiger partial charge is 0.243 e. The van der Waals surface area contributed by atoms with Crippen LogP contribution in [0.5, 0.6) is 0 Å². The molecule has 6 heteroatoms. The molecule has 2 aliphatic rings. The van der Waals surface area contributed by atoms with Crippen molar-refractivity contribution in [3.8, 4) is 0 Å². The fraction of sp³-hybridized carbons (Fsp3) is 0.440. The van der Waals surface area contributed by atoms with Crippen molar-refractivity contribution in [3.05, 3.63) is 65.9 Å². The number of piperidine rings is 1. The Balaban J connectivity index is 1.24. The average Bonchev–Trinajstić information content (AvgIpc) is 3.42. The number of fused-ring (bicyclic) bond motifs is 1. The van der Waals surface area contributed by atoms with E-state index in [2.05, 4.69) is 40.3 Å². The molecule has 0 saturated carbocycles. The van der Waals surface area contributed by atoms with Crippen molar-refractivity contribution in [2.24, 2.45) is 0 Å². The lowest BCUT2D eigenvalue weighted by molar-refractivity contribution is 0.178. The molecular weight excluding hydrogens is 406 g/mol. The lowest BCUT2D eigenvalue weighted by Crippen LogP contribution is -2.45. The van der Waals surface area contributed by atoms with Gasteiger partial charge < -0.3 is 9.88 Å². The monoisotopic (exact) mass is 437 g/mol. The molecule has 3 heterocycles. The number of benzene rings is 2. The van der Waals surface area contributed by atoms with Crippen LogP contribution in [0.1, 0.15) is 42.7 Å². The van der Waals surface area contributed by atoms with Gasteiger partial charge in [-0.05, 0) is 80.9 Å². The summed E-state index contributed by atoms with van der Waals surface area (Å²) in [4.78, 5) is 6.31. The molecule has 0 bridgehead atoms. The molecule has 2 fully saturated rings. The summed E-state index contributed by atoms with van der Waals surface area (Å²) < 4.78 is 28.3. The number of para-hydroxylation sites is 1. The van der Waals surface area contributed by atoms with E-state index in [1.807, 2.05) is 19.1 Å². The van der Waals surface area contributed by atoms with Gasteiger partial charge >= 0.3 is 0 Å². The zero-order valence-electron chi connectivity index (χ0n) is 18.1. The molecule has 31 heavy (non-hydrogen) atoms. The molecule has 0 aliphatic carbocycles. The van der Waals surface area contributed by atoms with Gasteiger partial charge in [-0.1, -0.05) is 30.3 Å². The Bertz CT molecular complexity index is 1160. The van der Waals surface area contributed by atoms with Gasteiger partial charge in [0.25, 0.3) is 0 Å². The van der Waals surface area contributed by atoms with Crippen LogP contribution < -0.4 is 0 Å². The van der Waals surface area contributed by atoms with Crippen molar-refractivity contribution in [3.63, 3.8) is 0 Å². The predicted molar refractivity (Wildman–Crippen MR) is 125 cm³/mol. The summed E-state index contributed by atoms with van der Waals surface area (Å²) >= 11 is 0. The van der Waals surface area contributed by atoms with E-state index in [0.29, 0.717) is 17.4 Å². The van der Waals surface area contributed by atoms with Gasteiger partial charge in [-0.25, -0.2) is 8.42 Å². The maximum absolute atomic E-state index is 13.3. The Labute approximate surface area is 185 Å². The zero-order chi connectivity index (χ0) is 21.4. The Morgan fingerprint density at radius 3 is 2.61 bits per heavy atom. The fourth-order valence-electron chi connectivity index (χ4n) is 5.38. The number of nitrogens with one attached hydrogen (secondary N) is 1. The largest absolute Gasteiger partial charge is 0.361 e. The van der Waals surface area contributed by atoms with E-state index in [9.17, 15) is 8.42 Å². The van der Waals surface area contributed by atoms with Crippen LogP contribution in [-0.4, -0.2) is 54.8 Å². The van der Waals surface area contributed by atoms with Gasteiger partial charge in [0.1, 0.15) is 0 Å². The van der Waals surface area contributed by atoms with Crippen LogP contribution in [0.2, 0.25) is 0 Å². The number of sulfonamides is 1. The summed E-state index contributed by atoms with van der Waals surface area (Å²) in [6, 6.07) is 15.9. The Morgan fingerprint density at radius 2 is 1.81 bits per heavy atom. The molecule has 0 spiro atoms. The highest BCUT2D eigenvalue weighted by Crippen LogP contribution is 2.34. The van der Waals surface area contributed by atoms with Crippen LogP contribution in [0, 0.1) is 6.92 Å². The highest BCUT2D eigenvalue weighted by molar-refractivity contribution is 7.89. The second-order valence-corrected chi connectivity index (χ2v) is 11.0. The Morgan fingerprint density at radius 1 is 1.00 bits per heavy atom. The third-order valence-corrected chi connectivity index (χ3v) is 8.98. The Kier molecular flexibility index (Phi) is 5.63. The van der Waals surface area contributed by atoms with Gasteiger partial charge in [0.15, 0.2) is 0 Å². The van der Waals surface area contributed by atoms with Crippen molar-refractivity contribution >= 4 is 20.9 Å². The SMILES string of the molecule is Cc1cccc(S(=O)(=O)N2CCCC2CN2CCC(c3c[nH]c4ccccc34)CC2)c1. The first kappa shape index (κ1) is 20.7. The maximum atomic E-state index is 13.3. The molecule has 0 amide bonds. The minimum absolute atomic E-state index is 0.0788. The van der Waals surface area contributed by atoms with E-state index in [0.717, 1.165) is 50.9 Å². The Hall–Kier alpha value is -2.15. The number of H-pyrrole nitrogens is 1. The number of aromatic amines is 1. The van der Waals surface area contributed by atoms with Gasteiger partial charge in [0.05, 0.1) is 4.90 Å². The van der Waals surface area contributed by atoms with Crippen LogP contribution in [0.3, 0.4) is 0 Å². The van der Waals surface area contributed by atoms with E-state index in [1.165, 1.54) is 16.5 Å². The first-order valence-electron chi connectivity index (χ1n) is 11.4. The molecule has 2 aliphatic heterocycles. The third kappa shape index (κ3) is 4.04. The van der Waals surface area contributed by atoms with Crippen molar-refractivity contribution in [1.82, 2.24) is 14.2 Å². The molecule has 5 nitrogen and oxygen atoms in total. The van der Waals surface area contributed by atoms with Crippen LogP contribution >= 0.6 is 0 Å². The molecule has 0 radical (unpaired) electrons. The van der Waals surface area contributed by atoms with Gasteiger partial charge in [-0.15, -0.1) is 0 Å². The zero-order valence-corrected chi connectivity index (χ0v) is 18.9. The summed E-state index contributed by atoms with van der Waals surface area (Å²) in [5.74, 6) is 0.572. The molecule has 2 saturated heterocycles. The standard InChI is InChI=1S/C25H31N3O2S/c1-19-6-4-8-22(16-19)31(29,30)28-13-5-7-21(28)18-27-14-11-20(12-15-27)24-17-26-25-10-3-2-9-23(24)25/h2-4,6,8-10,16-17,20-21,26H,5,7,11-15,18H2,1H3. The highest BCUT2D eigenvalue weighted by Gasteiger charge is 2.36. The summed E-state index contributed by atoms with van der Waals surface area (Å²) in [7, 11) is -3.43. The van der Waals surface area contributed by atoms with Crippen LogP contribution in [0.15, 0.2) is 59.6 Å². The molecular formula is C25H31N3O2S. The number of likely N-dealkylation sites (tertiary alicyclic amines) is 1. The minimum Gasteiger partial charge on any atom is -0.361 e. The quantitative estimate of drug-likeness (QED) is 0.639. The number of hydrogen-bond acceptors (Lipinski definition) is 3. The normalized spacial score (nSPS) is 21.8. The molecule has 5 rings (SSSR count). The van der Waals surface area contributed by atoms with E-state index >= 15 is 0 Å². The van der Waals surface area contributed by atoms with Crippen molar-refractivity contribution < 1.29 is 8.42 Å². The van der Waals surface area contributed by atoms with E-state index < -0.39 is 10.0 Å². The summed E-state index contributed by atoms with van der Waals surface area (Å²) in [6.45, 7) is 5.47. The minimum atomic E-state index is -3.43. The number of aryl methyl sites for hydroxylation is 1. The lowest BCUT2D eigenvalue weighted by Gasteiger charge is -2.35. The molecule has 1 aromatic heterocycles. The number of nitrogens with zero attached hydrogens (tertiary/aromatic N) is 2. The third-order valence-electron chi connectivity index (χ3n) is 7.04. The summed E-state index contributed by atoms with van der Waals surface area (Å²) in [5.41, 5.74) is 3.62. The number of aromatic nitrogens is 1. The lowest BCUT2D eigenvalue weighted by atomic mass is 9.89. The molecule has 1 unspecified atom stereocenters. The van der Waals surface area contributed by atoms with Gasteiger partial charge in [-0.2, -0.15) is 4.31 Å². The average molecular weight is 438 g/mol. The van der Waals surface area contributed by atoms with E-state index in [4.69, 9.17) is 0 Å². The topological polar surface area (TPSA) is 56.4 Å². The predicted octanol–water partition coefficient (Wildman–Crippen LogP) is 4.51. The molecule has 3 aromatic rings.